The van der Waals surface area contributed by atoms with E-state index in [9.17, 15) is 4.79 Å². The fourth-order valence-electron chi connectivity index (χ4n) is 1.90. The molecular formula is C16H24O3Si. The minimum atomic E-state index is -1.68. The van der Waals surface area contributed by atoms with Crippen LogP contribution in [0.5, 0.6) is 5.75 Å². The number of aliphatic carboxylic acids is 1. The molecule has 0 saturated heterocycles. The van der Waals surface area contributed by atoms with Gasteiger partial charge in [-0.15, -0.1) is 0 Å². The summed E-state index contributed by atoms with van der Waals surface area (Å²) in [6, 6.07) is 5.95. The van der Waals surface area contributed by atoms with Gasteiger partial charge in [-0.1, -0.05) is 46.0 Å². The molecule has 1 aromatic carbocycles. The van der Waals surface area contributed by atoms with Gasteiger partial charge in [-0.2, -0.15) is 0 Å². The molecule has 1 N–H and O–H groups in total. The Labute approximate surface area is 122 Å². The van der Waals surface area contributed by atoms with E-state index in [1.807, 2.05) is 12.1 Å². The Morgan fingerprint density at radius 3 is 2.35 bits per heavy atom. The third-order valence-electron chi connectivity index (χ3n) is 4.19. The van der Waals surface area contributed by atoms with Crippen molar-refractivity contribution < 1.29 is 14.6 Å². The Morgan fingerprint density at radius 2 is 1.90 bits per heavy atom. The molecule has 0 heterocycles. The van der Waals surface area contributed by atoms with Gasteiger partial charge < -0.3 is 9.84 Å². The van der Waals surface area contributed by atoms with Crippen molar-refractivity contribution in [1.29, 1.82) is 0 Å². The molecule has 0 aliphatic rings. The lowest BCUT2D eigenvalue weighted by Gasteiger charge is -2.38. The molecule has 0 aliphatic carbocycles. The van der Waals surface area contributed by atoms with Crippen molar-refractivity contribution in [2.75, 3.05) is 7.11 Å². The first-order valence-electron chi connectivity index (χ1n) is 6.69. The SMILES string of the molecule is COc1cc(C=CC(=O)O)ccc1[Si](C)(C)C(C)(C)C. The van der Waals surface area contributed by atoms with Crippen LogP contribution in [0.1, 0.15) is 26.3 Å². The maximum atomic E-state index is 10.6. The van der Waals surface area contributed by atoms with Gasteiger partial charge in [-0.25, -0.2) is 4.79 Å². The Balaban J connectivity index is 3.28. The molecule has 0 amide bonds. The van der Waals surface area contributed by atoms with Crippen LogP contribution in [0.3, 0.4) is 0 Å². The Morgan fingerprint density at radius 1 is 1.30 bits per heavy atom. The van der Waals surface area contributed by atoms with E-state index in [1.165, 1.54) is 5.19 Å². The van der Waals surface area contributed by atoms with E-state index in [1.54, 1.807) is 13.2 Å². The summed E-state index contributed by atoms with van der Waals surface area (Å²) in [5.74, 6) is -0.0958. The predicted molar refractivity (Wildman–Crippen MR) is 86.5 cm³/mol. The quantitative estimate of drug-likeness (QED) is 0.682. The number of carboxylic acids is 1. The smallest absolute Gasteiger partial charge is 0.328 e. The van der Waals surface area contributed by atoms with Gasteiger partial charge in [-0.05, 0) is 27.9 Å². The van der Waals surface area contributed by atoms with Crippen molar-refractivity contribution in [1.82, 2.24) is 0 Å². The van der Waals surface area contributed by atoms with Crippen LogP contribution in [0.4, 0.5) is 0 Å². The molecular weight excluding hydrogens is 268 g/mol. The van der Waals surface area contributed by atoms with E-state index in [-0.39, 0.29) is 5.04 Å². The van der Waals surface area contributed by atoms with Gasteiger partial charge >= 0.3 is 5.97 Å². The monoisotopic (exact) mass is 292 g/mol. The maximum absolute atomic E-state index is 10.6. The summed E-state index contributed by atoms with van der Waals surface area (Å²) in [5.41, 5.74) is 0.840. The molecule has 0 radical (unpaired) electrons. The van der Waals surface area contributed by atoms with Crippen LogP contribution < -0.4 is 9.92 Å². The first kappa shape index (κ1) is 16.5. The summed E-state index contributed by atoms with van der Waals surface area (Å²) in [6.45, 7) is 11.4. The second kappa shape index (κ2) is 5.83. The van der Waals surface area contributed by atoms with Crippen LogP contribution in [-0.4, -0.2) is 26.3 Å². The number of hydrogen-bond acceptors (Lipinski definition) is 2. The number of carbonyl (C=O) groups is 1. The van der Waals surface area contributed by atoms with Crippen LogP contribution in [0.25, 0.3) is 6.08 Å². The third-order valence-corrected chi connectivity index (χ3v) is 9.70. The summed E-state index contributed by atoms with van der Waals surface area (Å²) < 4.78 is 5.53. The van der Waals surface area contributed by atoms with E-state index in [0.29, 0.717) is 0 Å². The second-order valence-corrected chi connectivity index (χ2v) is 11.8. The molecule has 0 saturated carbocycles. The normalized spacial score (nSPS) is 12.7. The van der Waals surface area contributed by atoms with Crippen LogP contribution in [0.2, 0.25) is 18.1 Å². The van der Waals surface area contributed by atoms with Crippen LogP contribution in [-0.2, 0) is 4.79 Å². The molecule has 0 bridgehead atoms. The van der Waals surface area contributed by atoms with E-state index in [0.717, 1.165) is 17.4 Å². The summed E-state index contributed by atoms with van der Waals surface area (Å²) in [7, 11) is -0.0163. The lowest BCUT2D eigenvalue weighted by atomic mass is 10.2. The lowest BCUT2D eigenvalue weighted by Crippen LogP contribution is -2.49. The number of carboxylic acid groups (broad SMARTS) is 1. The molecule has 0 aliphatic heterocycles. The molecule has 20 heavy (non-hydrogen) atoms. The van der Waals surface area contributed by atoms with Gasteiger partial charge in [0.05, 0.1) is 15.2 Å². The molecule has 110 valence electrons. The zero-order chi connectivity index (χ0) is 15.6. The molecule has 0 spiro atoms. The summed E-state index contributed by atoms with van der Waals surface area (Å²) in [4.78, 5) is 10.6. The molecule has 4 heteroatoms. The Kier molecular flexibility index (Phi) is 4.81. The second-order valence-electron chi connectivity index (χ2n) is 6.51. The van der Waals surface area contributed by atoms with Gasteiger partial charge in [0.2, 0.25) is 0 Å². The maximum Gasteiger partial charge on any atom is 0.328 e. The highest BCUT2D eigenvalue weighted by atomic mass is 28.3. The molecule has 0 aromatic heterocycles. The number of hydrogen-bond donors (Lipinski definition) is 1. The topological polar surface area (TPSA) is 46.5 Å². The Bertz CT molecular complexity index is 525. The molecule has 1 aromatic rings. The zero-order valence-electron chi connectivity index (χ0n) is 13.2. The summed E-state index contributed by atoms with van der Waals surface area (Å²) in [6.07, 6.45) is 2.72. The van der Waals surface area contributed by atoms with E-state index in [2.05, 4.69) is 39.9 Å². The molecule has 0 unspecified atom stereocenters. The Hall–Kier alpha value is -1.55. The number of benzene rings is 1. The van der Waals surface area contributed by atoms with Crippen LogP contribution >= 0.6 is 0 Å². The fraction of sp³-hybridized carbons (Fsp3) is 0.438. The number of rotatable bonds is 4. The first-order valence-corrected chi connectivity index (χ1v) is 9.69. The number of methoxy groups -OCH3 is 1. The van der Waals surface area contributed by atoms with Crippen molar-refractivity contribution in [3.8, 4) is 5.75 Å². The average molecular weight is 292 g/mol. The zero-order valence-corrected chi connectivity index (χ0v) is 14.2. The highest BCUT2D eigenvalue weighted by Crippen LogP contribution is 2.37. The summed E-state index contributed by atoms with van der Waals surface area (Å²) in [5, 5.41) is 10.2. The summed E-state index contributed by atoms with van der Waals surface area (Å²) >= 11 is 0. The van der Waals surface area contributed by atoms with Crippen molar-refractivity contribution in [2.24, 2.45) is 0 Å². The fourth-order valence-corrected chi connectivity index (χ4v) is 4.00. The van der Waals surface area contributed by atoms with Crippen LogP contribution in [0, 0.1) is 0 Å². The highest BCUT2D eigenvalue weighted by Gasteiger charge is 2.38. The standard InChI is InChI=1S/C16H24O3Si/c1-16(2,3)20(5,6)14-9-7-12(8-10-15(17)18)11-13(14)19-4/h7-11H,1-6H3,(H,17,18). The van der Waals surface area contributed by atoms with Gasteiger partial charge in [0, 0.05) is 6.08 Å². The van der Waals surface area contributed by atoms with Crippen molar-refractivity contribution in [2.45, 2.75) is 38.9 Å². The number of ether oxygens (including phenoxy) is 1. The van der Waals surface area contributed by atoms with Gasteiger partial charge in [0.15, 0.2) is 0 Å². The average Bonchev–Trinajstić information content (AvgIpc) is 2.34. The van der Waals surface area contributed by atoms with Gasteiger partial charge in [0.1, 0.15) is 5.75 Å². The molecule has 0 atom stereocenters. The van der Waals surface area contributed by atoms with Crippen molar-refractivity contribution >= 4 is 25.3 Å². The minimum absolute atomic E-state index is 0.221. The minimum Gasteiger partial charge on any atom is -0.497 e. The van der Waals surface area contributed by atoms with E-state index in [4.69, 9.17) is 9.84 Å². The molecule has 3 nitrogen and oxygen atoms in total. The predicted octanol–water partition coefficient (Wildman–Crippen LogP) is 3.51. The van der Waals surface area contributed by atoms with Crippen molar-refractivity contribution in [3.05, 3.63) is 29.8 Å². The largest absolute Gasteiger partial charge is 0.497 e. The van der Waals surface area contributed by atoms with E-state index < -0.39 is 14.0 Å². The highest BCUT2D eigenvalue weighted by molar-refractivity contribution is 6.92. The van der Waals surface area contributed by atoms with Gasteiger partial charge in [0.25, 0.3) is 0 Å². The molecule has 1 rings (SSSR count). The van der Waals surface area contributed by atoms with Crippen LogP contribution in [0.15, 0.2) is 24.3 Å². The van der Waals surface area contributed by atoms with E-state index >= 15 is 0 Å². The first-order chi connectivity index (χ1) is 9.09. The lowest BCUT2D eigenvalue weighted by molar-refractivity contribution is -0.131. The van der Waals surface area contributed by atoms with Crippen molar-refractivity contribution in [3.63, 3.8) is 0 Å². The van der Waals surface area contributed by atoms with Gasteiger partial charge in [-0.3, -0.25) is 0 Å². The third kappa shape index (κ3) is 3.51. The molecule has 0 fully saturated rings.